The first-order valence-electron chi connectivity index (χ1n) is 10.2. The number of aliphatic carboxylic acids is 1. The number of likely N-dealkylation sites (tertiary alicyclic amines) is 1. The minimum Gasteiger partial charge on any atom is -0.481 e. The number of piperidine rings is 1. The summed E-state index contributed by atoms with van der Waals surface area (Å²) in [5, 5.41) is 9.98. The van der Waals surface area contributed by atoms with Crippen molar-refractivity contribution in [2.75, 3.05) is 13.1 Å². The third-order valence-corrected chi connectivity index (χ3v) is 6.79. The molecule has 4 rings (SSSR count). The van der Waals surface area contributed by atoms with Crippen molar-refractivity contribution < 1.29 is 14.7 Å². The molecule has 1 saturated heterocycles. The first-order valence-corrected chi connectivity index (χ1v) is 10.2. The summed E-state index contributed by atoms with van der Waals surface area (Å²) < 4.78 is 0. The average Bonchev–Trinajstić information content (AvgIpc) is 2.71. The maximum Gasteiger partial charge on any atom is 0.314 e. The van der Waals surface area contributed by atoms with Crippen LogP contribution in [0.2, 0.25) is 0 Å². The molecule has 1 N–H and O–H groups in total. The number of nitrogens with zero attached hydrogens (tertiary/aromatic N) is 1. The van der Waals surface area contributed by atoms with Gasteiger partial charge in [0.15, 0.2) is 0 Å². The third kappa shape index (κ3) is 3.21. The summed E-state index contributed by atoms with van der Waals surface area (Å²) in [6.45, 7) is 1.02. The van der Waals surface area contributed by atoms with E-state index in [1.165, 1.54) is 5.56 Å². The van der Waals surface area contributed by atoms with Crippen LogP contribution in [0.4, 0.5) is 0 Å². The van der Waals surface area contributed by atoms with E-state index >= 15 is 0 Å². The second-order valence-electron chi connectivity index (χ2n) is 8.34. The molecule has 146 valence electrons. The Balaban J connectivity index is 1.49. The zero-order valence-corrected chi connectivity index (χ0v) is 16.1. The van der Waals surface area contributed by atoms with Gasteiger partial charge in [-0.15, -0.1) is 0 Å². The van der Waals surface area contributed by atoms with E-state index in [1.54, 1.807) is 0 Å². The van der Waals surface area contributed by atoms with Crippen LogP contribution in [-0.4, -0.2) is 35.0 Å². The normalized spacial score (nSPS) is 20.2. The summed E-state index contributed by atoms with van der Waals surface area (Å²) in [6.07, 6.45) is 4.68. The van der Waals surface area contributed by atoms with Gasteiger partial charge >= 0.3 is 5.97 Å². The molecule has 1 aliphatic carbocycles. The highest BCUT2D eigenvalue weighted by Gasteiger charge is 2.49. The Kier molecular flexibility index (Phi) is 4.96. The van der Waals surface area contributed by atoms with Gasteiger partial charge < -0.3 is 10.0 Å². The van der Waals surface area contributed by atoms with E-state index in [2.05, 4.69) is 12.1 Å². The fourth-order valence-electron chi connectivity index (χ4n) is 4.87. The van der Waals surface area contributed by atoms with Crippen molar-refractivity contribution in [3.63, 3.8) is 0 Å². The molecule has 1 amide bonds. The zero-order valence-electron chi connectivity index (χ0n) is 16.1. The van der Waals surface area contributed by atoms with E-state index in [0.29, 0.717) is 25.9 Å². The molecule has 28 heavy (non-hydrogen) atoms. The number of benzene rings is 2. The third-order valence-electron chi connectivity index (χ3n) is 6.79. The van der Waals surface area contributed by atoms with Crippen molar-refractivity contribution in [2.24, 2.45) is 5.41 Å². The van der Waals surface area contributed by atoms with Gasteiger partial charge in [0.2, 0.25) is 5.91 Å². The predicted octanol–water partition coefficient (Wildman–Crippen LogP) is 4.04. The summed E-state index contributed by atoms with van der Waals surface area (Å²) in [5.74, 6) is -0.567. The van der Waals surface area contributed by atoms with Gasteiger partial charge in [0.05, 0.1) is 10.8 Å². The maximum atomic E-state index is 13.4. The fourth-order valence-corrected chi connectivity index (χ4v) is 4.87. The smallest absolute Gasteiger partial charge is 0.314 e. The minimum absolute atomic E-state index is 0.217. The van der Waals surface area contributed by atoms with E-state index < -0.39 is 11.4 Å². The van der Waals surface area contributed by atoms with Crippen LogP contribution in [0.15, 0.2) is 60.7 Å². The Labute approximate surface area is 166 Å². The van der Waals surface area contributed by atoms with Crippen molar-refractivity contribution >= 4 is 11.9 Å². The zero-order chi connectivity index (χ0) is 19.6. The molecule has 0 unspecified atom stereocenters. The van der Waals surface area contributed by atoms with Gasteiger partial charge in [0, 0.05) is 13.1 Å². The molecule has 2 aliphatic rings. The Morgan fingerprint density at radius 2 is 1.43 bits per heavy atom. The first kappa shape index (κ1) is 18.7. The van der Waals surface area contributed by atoms with E-state index in [-0.39, 0.29) is 11.3 Å². The van der Waals surface area contributed by atoms with Gasteiger partial charge in [-0.2, -0.15) is 0 Å². The number of hydrogen-bond donors (Lipinski definition) is 1. The van der Waals surface area contributed by atoms with Crippen LogP contribution in [0.1, 0.15) is 43.2 Å². The Hall–Kier alpha value is -2.62. The highest BCUT2D eigenvalue weighted by molar-refractivity contribution is 5.86. The van der Waals surface area contributed by atoms with Gasteiger partial charge in [-0.25, -0.2) is 0 Å². The quantitative estimate of drug-likeness (QED) is 0.855. The van der Waals surface area contributed by atoms with Gasteiger partial charge in [0.1, 0.15) is 0 Å². The van der Waals surface area contributed by atoms with Crippen molar-refractivity contribution in [3.05, 3.63) is 71.8 Å². The van der Waals surface area contributed by atoms with E-state index in [1.807, 2.05) is 53.4 Å². The monoisotopic (exact) mass is 377 g/mol. The Bertz CT molecular complexity index is 835. The lowest BCUT2D eigenvalue weighted by Gasteiger charge is -2.47. The number of carboxylic acid groups (broad SMARTS) is 1. The highest BCUT2D eigenvalue weighted by Crippen LogP contribution is 2.46. The van der Waals surface area contributed by atoms with E-state index in [4.69, 9.17) is 0 Å². The van der Waals surface area contributed by atoms with Crippen molar-refractivity contribution in [3.8, 4) is 0 Å². The van der Waals surface area contributed by atoms with Gasteiger partial charge in [-0.05, 0) is 43.2 Å². The van der Waals surface area contributed by atoms with Crippen molar-refractivity contribution in [1.82, 2.24) is 4.90 Å². The molecule has 0 aromatic heterocycles. The lowest BCUT2D eigenvalue weighted by Crippen LogP contribution is -2.55. The maximum absolute atomic E-state index is 13.4. The lowest BCUT2D eigenvalue weighted by atomic mass is 9.64. The molecule has 0 spiro atoms. The molecule has 1 saturated carbocycles. The summed E-state index contributed by atoms with van der Waals surface area (Å²) in [7, 11) is 0. The number of hydrogen-bond acceptors (Lipinski definition) is 2. The SMILES string of the molecule is O=C(N1CCC(C(=O)O)(c2ccccc2)CC1)C1(Cc2ccccc2)CCC1. The molecule has 2 aromatic rings. The number of carbonyl (C=O) groups excluding carboxylic acids is 1. The molecule has 0 bridgehead atoms. The molecule has 2 aromatic carbocycles. The van der Waals surface area contributed by atoms with Crippen molar-refractivity contribution in [1.29, 1.82) is 0 Å². The van der Waals surface area contributed by atoms with Crippen LogP contribution < -0.4 is 0 Å². The van der Waals surface area contributed by atoms with Crippen LogP contribution in [-0.2, 0) is 21.4 Å². The molecule has 1 heterocycles. The summed E-state index contributed by atoms with van der Waals surface area (Å²) in [6, 6.07) is 19.7. The minimum atomic E-state index is -0.885. The second-order valence-corrected chi connectivity index (χ2v) is 8.34. The molecule has 2 fully saturated rings. The highest BCUT2D eigenvalue weighted by atomic mass is 16.4. The van der Waals surface area contributed by atoms with Crippen LogP contribution in [0, 0.1) is 5.41 Å². The predicted molar refractivity (Wildman–Crippen MR) is 108 cm³/mol. The van der Waals surface area contributed by atoms with Gasteiger partial charge in [0.25, 0.3) is 0 Å². The number of rotatable bonds is 5. The molecule has 0 radical (unpaired) electrons. The van der Waals surface area contributed by atoms with Crippen LogP contribution in [0.5, 0.6) is 0 Å². The molecule has 1 aliphatic heterocycles. The second kappa shape index (κ2) is 7.42. The van der Waals surface area contributed by atoms with Crippen molar-refractivity contribution in [2.45, 2.75) is 43.9 Å². The van der Waals surface area contributed by atoms with Gasteiger partial charge in [-0.3, -0.25) is 9.59 Å². The first-order chi connectivity index (χ1) is 13.6. The Morgan fingerprint density at radius 1 is 0.857 bits per heavy atom. The molecule has 4 nitrogen and oxygen atoms in total. The molecule has 4 heteroatoms. The lowest BCUT2D eigenvalue weighted by molar-refractivity contribution is -0.154. The topological polar surface area (TPSA) is 57.6 Å². The van der Waals surface area contributed by atoms with Crippen LogP contribution in [0.25, 0.3) is 0 Å². The molecular weight excluding hydrogens is 350 g/mol. The van der Waals surface area contributed by atoms with Crippen LogP contribution in [0.3, 0.4) is 0 Å². The summed E-state index contributed by atoms with van der Waals surface area (Å²) >= 11 is 0. The average molecular weight is 377 g/mol. The summed E-state index contributed by atoms with van der Waals surface area (Å²) in [5.41, 5.74) is 0.871. The standard InChI is InChI=1S/C24H27NO3/c26-21(23(12-7-13-23)18-19-8-3-1-4-9-19)25-16-14-24(15-17-25,22(27)28)20-10-5-2-6-11-20/h1-6,8-11H,7,12-18H2,(H,27,28). The largest absolute Gasteiger partial charge is 0.481 e. The molecular formula is C24H27NO3. The van der Waals surface area contributed by atoms with E-state index in [0.717, 1.165) is 31.2 Å². The van der Waals surface area contributed by atoms with Gasteiger partial charge in [-0.1, -0.05) is 67.1 Å². The number of amides is 1. The fraction of sp³-hybridized carbons (Fsp3) is 0.417. The van der Waals surface area contributed by atoms with E-state index in [9.17, 15) is 14.7 Å². The van der Waals surface area contributed by atoms with Crippen LogP contribution >= 0.6 is 0 Å². The molecule has 0 atom stereocenters. The summed E-state index contributed by atoms with van der Waals surface area (Å²) in [4.78, 5) is 27.5. The number of carbonyl (C=O) groups is 2. The Morgan fingerprint density at radius 3 is 1.93 bits per heavy atom. The number of carboxylic acids is 1.